The molecule has 3 rings (SSSR count). The van der Waals surface area contributed by atoms with Gasteiger partial charge in [0, 0.05) is 5.56 Å². The maximum Gasteiger partial charge on any atom is 0.0931 e. The molecular weight excluding hydrogens is 190 g/mol. The second-order valence-corrected chi connectivity index (χ2v) is 3.33. The van der Waals surface area contributed by atoms with Gasteiger partial charge in [-0.3, -0.25) is 5.10 Å². The number of nitrogen functional groups attached to an aromatic ring is 1. The second-order valence-electron chi connectivity index (χ2n) is 3.33. The molecule has 0 amide bonds. The predicted octanol–water partition coefficient (Wildman–Crippen LogP) is 1.54. The lowest BCUT2D eigenvalue weighted by Gasteiger charge is -1.98. The lowest BCUT2D eigenvalue weighted by Crippen LogP contribution is -1.86. The zero-order chi connectivity index (χ0) is 10.3. The second kappa shape index (κ2) is 2.84. The zero-order valence-corrected chi connectivity index (χ0v) is 7.86. The minimum atomic E-state index is 0.647. The summed E-state index contributed by atoms with van der Waals surface area (Å²) in [6, 6.07) is 5.90. The van der Waals surface area contributed by atoms with Crippen molar-refractivity contribution in [3.05, 3.63) is 30.7 Å². The number of aromatic amines is 2. The van der Waals surface area contributed by atoms with Crippen molar-refractivity contribution in [1.29, 1.82) is 0 Å². The highest BCUT2D eigenvalue weighted by Crippen LogP contribution is 2.25. The number of nitrogens with one attached hydrogen (secondary N) is 2. The number of nitrogens with zero attached hydrogens (tertiary/aromatic N) is 2. The van der Waals surface area contributed by atoms with Crippen LogP contribution in [0, 0.1) is 0 Å². The summed E-state index contributed by atoms with van der Waals surface area (Å²) in [5.74, 6) is 0. The third-order valence-electron chi connectivity index (χ3n) is 2.38. The SMILES string of the molecule is Nc1cn[nH]c1-c1ccc2nc[nH]c2c1. The molecule has 4 N–H and O–H groups in total. The van der Waals surface area contributed by atoms with Crippen LogP contribution in [-0.4, -0.2) is 20.2 Å². The third kappa shape index (κ3) is 1.17. The van der Waals surface area contributed by atoms with E-state index in [1.807, 2.05) is 18.2 Å². The van der Waals surface area contributed by atoms with Crippen LogP contribution in [0.4, 0.5) is 5.69 Å². The number of rotatable bonds is 1. The molecule has 0 fully saturated rings. The Labute approximate surface area is 85.3 Å². The number of hydrogen-bond acceptors (Lipinski definition) is 3. The van der Waals surface area contributed by atoms with Gasteiger partial charge in [0.25, 0.3) is 0 Å². The van der Waals surface area contributed by atoms with Gasteiger partial charge in [-0.1, -0.05) is 6.07 Å². The number of benzene rings is 1. The average molecular weight is 199 g/mol. The van der Waals surface area contributed by atoms with Crippen molar-refractivity contribution < 1.29 is 0 Å². The normalized spacial score (nSPS) is 10.9. The highest BCUT2D eigenvalue weighted by atomic mass is 15.1. The van der Waals surface area contributed by atoms with Gasteiger partial charge in [0.05, 0.1) is 34.9 Å². The maximum absolute atomic E-state index is 5.77. The summed E-state index contributed by atoms with van der Waals surface area (Å²) < 4.78 is 0. The first-order valence-corrected chi connectivity index (χ1v) is 4.57. The first kappa shape index (κ1) is 8.05. The number of fused-ring (bicyclic) bond motifs is 1. The molecule has 0 radical (unpaired) electrons. The minimum Gasteiger partial charge on any atom is -0.396 e. The molecule has 0 atom stereocenters. The molecule has 5 heteroatoms. The molecular formula is C10H9N5. The molecule has 0 unspecified atom stereocenters. The van der Waals surface area contributed by atoms with Crippen molar-refractivity contribution in [3.63, 3.8) is 0 Å². The Morgan fingerprint density at radius 1 is 1.27 bits per heavy atom. The molecule has 74 valence electrons. The van der Waals surface area contributed by atoms with Crippen LogP contribution < -0.4 is 5.73 Å². The van der Waals surface area contributed by atoms with Crippen molar-refractivity contribution >= 4 is 16.7 Å². The summed E-state index contributed by atoms with van der Waals surface area (Å²) in [5.41, 5.74) is 10.2. The van der Waals surface area contributed by atoms with Crippen LogP contribution in [0.25, 0.3) is 22.3 Å². The van der Waals surface area contributed by atoms with Gasteiger partial charge in [0.2, 0.25) is 0 Å². The fraction of sp³-hybridized carbons (Fsp3) is 0. The molecule has 0 saturated heterocycles. The smallest absolute Gasteiger partial charge is 0.0931 e. The summed E-state index contributed by atoms with van der Waals surface area (Å²) >= 11 is 0. The van der Waals surface area contributed by atoms with Crippen LogP contribution in [-0.2, 0) is 0 Å². The number of anilines is 1. The standard InChI is InChI=1S/C10H9N5/c11-7-4-14-15-10(7)6-1-2-8-9(3-6)13-5-12-8/h1-5H,11H2,(H,12,13)(H,14,15). The Morgan fingerprint density at radius 2 is 2.20 bits per heavy atom. The largest absolute Gasteiger partial charge is 0.396 e. The van der Waals surface area contributed by atoms with Crippen LogP contribution in [0.2, 0.25) is 0 Å². The van der Waals surface area contributed by atoms with Gasteiger partial charge in [0.1, 0.15) is 0 Å². The topological polar surface area (TPSA) is 83.4 Å². The average Bonchev–Trinajstić information content (AvgIpc) is 2.84. The molecule has 0 saturated carbocycles. The molecule has 3 aromatic rings. The summed E-state index contributed by atoms with van der Waals surface area (Å²) in [4.78, 5) is 7.21. The summed E-state index contributed by atoms with van der Waals surface area (Å²) in [6.07, 6.45) is 3.28. The number of imidazole rings is 1. The Hall–Kier alpha value is -2.30. The molecule has 0 aliphatic carbocycles. The molecule has 15 heavy (non-hydrogen) atoms. The van der Waals surface area contributed by atoms with Crippen LogP contribution >= 0.6 is 0 Å². The Kier molecular flexibility index (Phi) is 1.53. The molecule has 1 aromatic carbocycles. The van der Waals surface area contributed by atoms with Crippen LogP contribution in [0.15, 0.2) is 30.7 Å². The van der Waals surface area contributed by atoms with Crippen LogP contribution in [0.5, 0.6) is 0 Å². The fourth-order valence-electron chi connectivity index (χ4n) is 1.62. The van der Waals surface area contributed by atoms with E-state index < -0.39 is 0 Å². The van der Waals surface area contributed by atoms with Gasteiger partial charge < -0.3 is 10.7 Å². The lowest BCUT2D eigenvalue weighted by atomic mass is 10.1. The Bertz CT molecular complexity index is 607. The van der Waals surface area contributed by atoms with Gasteiger partial charge >= 0.3 is 0 Å². The van der Waals surface area contributed by atoms with E-state index >= 15 is 0 Å². The molecule has 0 spiro atoms. The van der Waals surface area contributed by atoms with Gasteiger partial charge in [-0.15, -0.1) is 0 Å². The molecule has 2 aromatic heterocycles. The van der Waals surface area contributed by atoms with Gasteiger partial charge in [-0.05, 0) is 12.1 Å². The molecule has 5 nitrogen and oxygen atoms in total. The Morgan fingerprint density at radius 3 is 3.00 bits per heavy atom. The predicted molar refractivity (Wildman–Crippen MR) is 58.1 cm³/mol. The van der Waals surface area contributed by atoms with Gasteiger partial charge in [0.15, 0.2) is 0 Å². The van der Waals surface area contributed by atoms with E-state index in [9.17, 15) is 0 Å². The molecule has 0 aliphatic heterocycles. The van der Waals surface area contributed by atoms with E-state index in [-0.39, 0.29) is 0 Å². The quantitative estimate of drug-likeness (QED) is 0.555. The van der Waals surface area contributed by atoms with Crippen molar-refractivity contribution in [3.8, 4) is 11.3 Å². The third-order valence-corrected chi connectivity index (χ3v) is 2.38. The van der Waals surface area contributed by atoms with E-state index in [2.05, 4.69) is 20.2 Å². The first-order chi connectivity index (χ1) is 7.34. The highest BCUT2D eigenvalue weighted by Gasteiger charge is 2.05. The molecule has 0 aliphatic rings. The van der Waals surface area contributed by atoms with Gasteiger partial charge in [-0.2, -0.15) is 5.10 Å². The van der Waals surface area contributed by atoms with Crippen LogP contribution in [0.3, 0.4) is 0 Å². The number of H-pyrrole nitrogens is 2. The minimum absolute atomic E-state index is 0.647. The Balaban J connectivity index is 2.23. The monoisotopic (exact) mass is 199 g/mol. The lowest BCUT2D eigenvalue weighted by molar-refractivity contribution is 1.10. The molecule has 2 heterocycles. The number of hydrogen-bond donors (Lipinski definition) is 3. The van der Waals surface area contributed by atoms with E-state index in [4.69, 9.17) is 5.73 Å². The maximum atomic E-state index is 5.77. The van der Waals surface area contributed by atoms with E-state index in [0.29, 0.717) is 5.69 Å². The van der Waals surface area contributed by atoms with Crippen molar-refractivity contribution in [2.75, 3.05) is 5.73 Å². The first-order valence-electron chi connectivity index (χ1n) is 4.57. The van der Waals surface area contributed by atoms with Crippen molar-refractivity contribution in [2.24, 2.45) is 0 Å². The van der Waals surface area contributed by atoms with E-state index in [1.165, 1.54) is 0 Å². The van der Waals surface area contributed by atoms with Gasteiger partial charge in [-0.25, -0.2) is 4.98 Å². The van der Waals surface area contributed by atoms with Crippen molar-refractivity contribution in [1.82, 2.24) is 20.2 Å². The summed E-state index contributed by atoms with van der Waals surface area (Å²) in [5, 5.41) is 6.76. The highest BCUT2D eigenvalue weighted by molar-refractivity contribution is 5.83. The summed E-state index contributed by atoms with van der Waals surface area (Å²) in [6.45, 7) is 0. The van der Waals surface area contributed by atoms with Crippen LogP contribution in [0.1, 0.15) is 0 Å². The molecule has 0 bridgehead atoms. The zero-order valence-electron chi connectivity index (χ0n) is 7.86. The fourth-order valence-corrected chi connectivity index (χ4v) is 1.62. The van der Waals surface area contributed by atoms with Crippen molar-refractivity contribution in [2.45, 2.75) is 0 Å². The number of aromatic nitrogens is 4. The van der Waals surface area contributed by atoms with E-state index in [1.54, 1.807) is 12.5 Å². The summed E-state index contributed by atoms with van der Waals surface area (Å²) in [7, 11) is 0. The van der Waals surface area contributed by atoms with E-state index in [0.717, 1.165) is 22.3 Å². The number of nitrogens with two attached hydrogens (primary N) is 1.